The van der Waals surface area contributed by atoms with Crippen LogP contribution in [0.3, 0.4) is 0 Å². The summed E-state index contributed by atoms with van der Waals surface area (Å²) in [6, 6.07) is 1.54. The molecule has 0 spiro atoms. The van der Waals surface area contributed by atoms with Crippen molar-refractivity contribution in [3.63, 3.8) is 0 Å². The summed E-state index contributed by atoms with van der Waals surface area (Å²) in [5.41, 5.74) is 6.07. The van der Waals surface area contributed by atoms with Crippen molar-refractivity contribution in [1.82, 2.24) is 0 Å². The Morgan fingerprint density at radius 2 is 2.06 bits per heavy atom. The third-order valence-electron chi connectivity index (χ3n) is 2.48. The van der Waals surface area contributed by atoms with Crippen molar-refractivity contribution >= 4 is 15.9 Å². The van der Waals surface area contributed by atoms with Crippen LogP contribution in [0.4, 0.5) is 8.78 Å². The van der Waals surface area contributed by atoms with Crippen LogP contribution in [0.25, 0.3) is 0 Å². The summed E-state index contributed by atoms with van der Waals surface area (Å²) >= 11 is 2.98. The maximum absolute atomic E-state index is 13.6. The van der Waals surface area contributed by atoms with Crippen LogP contribution in [0.15, 0.2) is 10.5 Å². The molecule has 1 unspecified atom stereocenters. The Morgan fingerprint density at radius 1 is 1.44 bits per heavy atom. The Labute approximate surface area is 102 Å². The third-order valence-corrected chi connectivity index (χ3v) is 3.06. The molecule has 1 aromatic carbocycles. The predicted octanol–water partition coefficient (Wildman–Crippen LogP) is 3.19. The average molecular weight is 294 g/mol. The molecule has 5 heteroatoms. The molecule has 1 atom stereocenters. The molecule has 0 amide bonds. The lowest BCUT2D eigenvalue weighted by Gasteiger charge is -2.16. The van der Waals surface area contributed by atoms with Crippen LogP contribution < -0.4 is 10.5 Å². The first-order valence-corrected chi connectivity index (χ1v) is 5.73. The van der Waals surface area contributed by atoms with Crippen molar-refractivity contribution in [2.75, 3.05) is 13.7 Å². The molecule has 0 bridgehead atoms. The summed E-state index contributed by atoms with van der Waals surface area (Å²) in [5.74, 6) is -1.91. The summed E-state index contributed by atoms with van der Waals surface area (Å²) in [5, 5.41) is 0. The number of rotatable bonds is 4. The SMILES string of the molecule is COc1c(C(C)CCN)cc(Br)c(F)c1F. The molecule has 0 saturated carbocycles. The van der Waals surface area contributed by atoms with Gasteiger partial charge in [-0.15, -0.1) is 0 Å². The van der Waals surface area contributed by atoms with Crippen LogP contribution in [-0.2, 0) is 0 Å². The molecular weight excluding hydrogens is 280 g/mol. The second kappa shape index (κ2) is 5.59. The van der Waals surface area contributed by atoms with E-state index in [4.69, 9.17) is 10.5 Å². The van der Waals surface area contributed by atoms with Crippen molar-refractivity contribution in [3.8, 4) is 5.75 Å². The molecule has 90 valence electrons. The zero-order valence-corrected chi connectivity index (χ0v) is 10.8. The second-order valence-corrected chi connectivity index (χ2v) is 4.44. The van der Waals surface area contributed by atoms with Crippen LogP contribution in [0.2, 0.25) is 0 Å². The average Bonchev–Trinajstić information content (AvgIpc) is 2.26. The minimum absolute atomic E-state index is 0.0198. The van der Waals surface area contributed by atoms with Gasteiger partial charge in [0.25, 0.3) is 0 Å². The fourth-order valence-corrected chi connectivity index (χ4v) is 2.00. The smallest absolute Gasteiger partial charge is 0.202 e. The highest BCUT2D eigenvalue weighted by molar-refractivity contribution is 9.10. The minimum Gasteiger partial charge on any atom is -0.493 e. The van der Waals surface area contributed by atoms with Crippen molar-refractivity contribution in [3.05, 3.63) is 27.7 Å². The number of ether oxygens (including phenoxy) is 1. The van der Waals surface area contributed by atoms with Gasteiger partial charge in [0, 0.05) is 5.56 Å². The molecule has 2 nitrogen and oxygen atoms in total. The topological polar surface area (TPSA) is 35.2 Å². The van der Waals surface area contributed by atoms with Crippen LogP contribution >= 0.6 is 15.9 Å². The number of methoxy groups -OCH3 is 1. The van der Waals surface area contributed by atoms with Crippen molar-refractivity contribution < 1.29 is 13.5 Å². The predicted molar refractivity (Wildman–Crippen MR) is 62.7 cm³/mol. The number of halogens is 3. The first-order valence-electron chi connectivity index (χ1n) is 4.94. The van der Waals surface area contributed by atoms with Gasteiger partial charge < -0.3 is 10.5 Å². The van der Waals surface area contributed by atoms with Gasteiger partial charge in [-0.2, -0.15) is 4.39 Å². The van der Waals surface area contributed by atoms with Gasteiger partial charge in [0.1, 0.15) is 0 Å². The minimum atomic E-state index is -0.962. The van der Waals surface area contributed by atoms with E-state index in [1.54, 1.807) is 0 Å². The zero-order chi connectivity index (χ0) is 12.3. The van der Waals surface area contributed by atoms with E-state index in [2.05, 4.69) is 15.9 Å². The van der Waals surface area contributed by atoms with Crippen LogP contribution in [0, 0.1) is 11.6 Å². The van der Waals surface area contributed by atoms with Gasteiger partial charge in [-0.05, 0) is 40.9 Å². The highest BCUT2D eigenvalue weighted by Crippen LogP contribution is 2.35. The molecule has 0 aliphatic rings. The van der Waals surface area contributed by atoms with Crippen LogP contribution in [-0.4, -0.2) is 13.7 Å². The standard InChI is InChI=1S/C11H14BrF2NO/c1-6(3-4-15)7-5-8(12)9(13)10(14)11(7)16-2/h5-6H,3-4,15H2,1-2H3. The van der Waals surface area contributed by atoms with Gasteiger partial charge in [-0.3, -0.25) is 0 Å². The summed E-state index contributed by atoms with van der Waals surface area (Å²) in [4.78, 5) is 0. The molecule has 2 N–H and O–H groups in total. The summed E-state index contributed by atoms with van der Waals surface area (Å²) < 4.78 is 31.8. The second-order valence-electron chi connectivity index (χ2n) is 3.59. The zero-order valence-electron chi connectivity index (χ0n) is 9.19. The lowest BCUT2D eigenvalue weighted by atomic mass is 9.96. The van der Waals surface area contributed by atoms with E-state index < -0.39 is 11.6 Å². The Balaban J connectivity index is 3.27. The normalized spacial score (nSPS) is 12.6. The summed E-state index contributed by atoms with van der Waals surface area (Å²) in [7, 11) is 1.32. The lowest BCUT2D eigenvalue weighted by Crippen LogP contribution is -2.07. The van der Waals surface area contributed by atoms with Gasteiger partial charge in [0.15, 0.2) is 11.6 Å². The summed E-state index contributed by atoms with van der Waals surface area (Å²) in [6.45, 7) is 2.38. The maximum Gasteiger partial charge on any atom is 0.202 e. The van der Waals surface area contributed by atoms with Crippen LogP contribution in [0.1, 0.15) is 24.8 Å². The number of nitrogens with two attached hydrogens (primary N) is 1. The maximum atomic E-state index is 13.6. The van der Waals surface area contributed by atoms with Gasteiger partial charge in [0.2, 0.25) is 5.82 Å². The van der Waals surface area contributed by atoms with E-state index in [0.29, 0.717) is 18.5 Å². The molecule has 1 rings (SSSR count). The lowest BCUT2D eigenvalue weighted by molar-refractivity contribution is 0.362. The largest absolute Gasteiger partial charge is 0.493 e. The molecule has 0 radical (unpaired) electrons. The number of benzene rings is 1. The molecule has 1 aromatic rings. The highest BCUT2D eigenvalue weighted by Gasteiger charge is 2.21. The highest BCUT2D eigenvalue weighted by atomic mass is 79.9. The Kier molecular flexibility index (Phi) is 4.68. The molecular formula is C11H14BrF2NO. The van der Waals surface area contributed by atoms with Crippen molar-refractivity contribution in [1.29, 1.82) is 0 Å². The quantitative estimate of drug-likeness (QED) is 0.866. The van der Waals surface area contributed by atoms with E-state index in [1.807, 2.05) is 6.92 Å². The van der Waals surface area contributed by atoms with Gasteiger partial charge in [-0.25, -0.2) is 4.39 Å². The van der Waals surface area contributed by atoms with E-state index in [9.17, 15) is 8.78 Å². The fraction of sp³-hybridized carbons (Fsp3) is 0.455. The first-order chi connectivity index (χ1) is 7.52. The van der Waals surface area contributed by atoms with E-state index in [0.717, 1.165) is 0 Å². The Bertz CT molecular complexity index is 385. The monoisotopic (exact) mass is 293 g/mol. The molecule has 0 aromatic heterocycles. The van der Waals surface area contributed by atoms with Crippen molar-refractivity contribution in [2.45, 2.75) is 19.3 Å². The van der Waals surface area contributed by atoms with Crippen LogP contribution in [0.5, 0.6) is 5.75 Å². The van der Waals surface area contributed by atoms with E-state index in [1.165, 1.54) is 13.2 Å². The number of hydrogen-bond donors (Lipinski definition) is 1. The number of hydrogen-bond acceptors (Lipinski definition) is 2. The van der Waals surface area contributed by atoms with E-state index in [-0.39, 0.29) is 16.1 Å². The molecule has 0 fully saturated rings. The summed E-state index contributed by atoms with van der Waals surface area (Å²) in [6.07, 6.45) is 0.688. The fourth-order valence-electron chi connectivity index (χ4n) is 1.58. The molecule has 16 heavy (non-hydrogen) atoms. The van der Waals surface area contributed by atoms with Gasteiger partial charge in [-0.1, -0.05) is 6.92 Å². The van der Waals surface area contributed by atoms with Gasteiger partial charge in [0.05, 0.1) is 11.6 Å². The first kappa shape index (κ1) is 13.4. The van der Waals surface area contributed by atoms with E-state index >= 15 is 0 Å². The van der Waals surface area contributed by atoms with Gasteiger partial charge >= 0.3 is 0 Å². The third kappa shape index (κ3) is 2.52. The molecule has 0 saturated heterocycles. The molecule has 0 aliphatic heterocycles. The van der Waals surface area contributed by atoms with Crippen molar-refractivity contribution in [2.24, 2.45) is 5.73 Å². The Hall–Kier alpha value is -0.680. The Morgan fingerprint density at radius 3 is 2.56 bits per heavy atom. The molecule has 0 heterocycles. The molecule has 0 aliphatic carbocycles.